The van der Waals surface area contributed by atoms with Crippen molar-refractivity contribution in [3.63, 3.8) is 0 Å². The summed E-state index contributed by atoms with van der Waals surface area (Å²) in [5.41, 5.74) is 0. The van der Waals surface area contributed by atoms with Crippen molar-refractivity contribution >= 4 is 5.97 Å². The Kier molecular flexibility index (Phi) is 24.2. The van der Waals surface area contributed by atoms with Crippen molar-refractivity contribution < 1.29 is 28.8 Å². The summed E-state index contributed by atoms with van der Waals surface area (Å²) in [4.78, 5) is 13.4. The first-order valence-electron chi connectivity index (χ1n) is 11.6. The molecule has 27 heavy (non-hydrogen) atoms. The average Bonchev–Trinajstić information content (AvgIpc) is 2.63. The number of unbranched alkanes of at least 4 members (excludes halogenated alkanes) is 10. The third kappa shape index (κ3) is 19.1. The number of nitrogens with zero attached hydrogens (tertiary/aromatic N) is 1. The van der Waals surface area contributed by atoms with E-state index in [1.807, 2.05) is 0 Å². The van der Waals surface area contributed by atoms with Gasteiger partial charge in [-0.1, -0.05) is 85.0 Å². The number of carboxylic acids is 1. The van der Waals surface area contributed by atoms with Crippen LogP contribution in [0.25, 0.3) is 0 Å². The molecule has 0 aromatic heterocycles. The number of carbonyl (C=O) groups excluding carboxylic acids is 1. The second-order valence-corrected chi connectivity index (χ2v) is 7.90. The molecule has 0 spiro atoms. The van der Waals surface area contributed by atoms with Crippen LogP contribution in [0.15, 0.2) is 0 Å². The van der Waals surface area contributed by atoms with Crippen molar-refractivity contribution in [2.75, 3.05) is 13.1 Å². The van der Waals surface area contributed by atoms with Gasteiger partial charge in [0, 0.05) is 12.0 Å². The quantitative estimate of drug-likeness (QED) is 0.243. The van der Waals surface area contributed by atoms with E-state index in [-0.39, 0.29) is 25.3 Å². The molecule has 0 N–H and O–H groups in total. The SMILES string of the molecule is CCCCCCCCN(CCCCCCCC)C(CC)CCCC(=O)[O-].[Li+]. The third-order valence-corrected chi connectivity index (χ3v) is 5.50. The van der Waals surface area contributed by atoms with E-state index in [1.54, 1.807) is 0 Å². The maximum absolute atomic E-state index is 10.7. The van der Waals surface area contributed by atoms with E-state index in [0.29, 0.717) is 6.04 Å². The van der Waals surface area contributed by atoms with E-state index in [2.05, 4.69) is 25.7 Å². The Morgan fingerprint density at radius 2 is 1.19 bits per heavy atom. The van der Waals surface area contributed by atoms with Gasteiger partial charge in [-0.3, -0.25) is 0 Å². The van der Waals surface area contributed by atoms with Gasteiger partial charge < -0.3 is 14.8 Å². The van der Waals surface area contributed by atoms with Crippen molar-refractivity contribution in [3.05, 3.63) is 0 Å². The minimum Gasteiger partial charge on any atom is -0.550 e. The van der Waals surface area contributed by atoms with Crippen LogP contribution in [0.2, 0.25) is 0 Å². The summed E-state index contributed by atoms with van der Waals surface area (Å²) in [6, 6.07) is 0.542. The molecule has 0 aliphatic carbocycles. The number of carbonyl (C=O) groups is 1. The molecule has 1 atom stereocenters. The van der Waals surface area contributed by atoms with Crippen molar-refractivity contribution in [1.82, 2.24) is 4.90 Å². The molecule has 0 aromatic rings. The molecule has 0 saturated carbocycles. The predicted molar refractivity (Wildman–Crippen MR) is 111 cm³/mol. The number of carboxylic acid groups (broad SMARTS) is 1. The van der Waals surface area contributed by atoms with Gasteiger partial charge in [-0.2, -0.15) is 0 Å². The van der Waals surface area contributed by atoms with E-state index in [0.717, 1.165) is 19.3 Å². The molecule has 0 saturated heterocycles. The summed E-state index contributed by atoms with van der Waals surface area (Å²) in [5.74, 6) is -0.904. The van der Waals surface area contributed by atoms with Crippen LogP contribution in [-0.2, 0) is 4.79 Å². The van der Waals surface area contributed by atoms with Crippen LogP contribution in [0, 0.1) is 0 Å². The van der Waals surface area contributed by atoms with Gasteiger partial charge in [0.05, 0.1) is 0 Å². The minimum absolute atomic E-state index is 0. The minimum atomic E-state index is -0.904. The Hall–Kier alpha value is 0.0274. The fourth-order valence-electron chi connectivity index (χ4n) is 3.79. The average molecular weight is 376 g/mol. The Morgan fingerprint density at radius 1 is 0.741 bits per heavy atom. The van der Waals surface area contributed by atoms with Gasteiger partial charge in [0.15, 0.2) is 0 Å². The van der Waals surface area contributed by atoms with Gasteiger partial charge in [0.25, 0.3) is 0 Å². The van der Waals surface area contributed by atoms with Gasteiger partial charge in [0.1, 0.15) is 0 Å². The van der Waals surface area contributed by atoms with Crippen LogP contribution in [0.1, 0.15) is 124 Å². The molecule has 1 unspecified atom stereocenters. The van der Waals surface area contributed by atoms with Crippen LogP contribution in [0.4, 0.5) is 0 Å². The molecule has 0 rings (SSSR count). The summed E-state index contributed by atoms with van der Waals surface area (Å²) >= 11 is 0. The van der Waals surface area contributed by atoms with Gasteiger partial charge >= 0.3 is 18.9 Å². The zero-order valence-corrected chi connectivity index (χ0v) is 19.1. The first-order valence-corrected chi connectivity index (χ1v) is 11.6. The molecule has 0 aliphatic rings. The molecular formula is C23H46LiNO2. The summed E-state index contributed by atoms with van der Waals surface area (Å²) in [7, 11) is 0. The Balaban J connectivity index is 0. The molecule has 0 aromatic carbocycles. The van der Waals surface area contributed by atoms with Gasteiger partial charge in [-0.15, -0.1) is 0 Å². The first kappa shape index (κ1) is 29.2. The molecule has 0 amide bonds. The summed E-state index contributed by atoms with van der Waals surface area (Å²) in [6.45, 7) is 9.15. The summed E-state index contributed by atoms with van der Waals surface area (Å²) in [6.07, 6.45) is 19.1. The van der Waals surface area contributed by atoms with E-state index >= 15 is 0 Å². The van der Waals surface area contributed by atoms with E-state index in [4.69, 9.17) is 0 Å². The molecular weight excluding hydrogens is 329 g/mol. The molecule has 0 aliphatic heterocycles. The molecule has 0 radical (unpaired) electrons. The van der Waals surface area contributed by atoms with Crippen LogP contribution in [0.3, 0.4) is 0 Å². The van der Waals surface area contributed by atoms with Crippen LogP contribution in [-0.4, -0.2) is 30.0 Å². The Labute approximate surface area is 182 Å². The largest absolute Gasteiger partial charge is 1.00 e. The van der Waals surface area contributed by atoms with Crippen LogP contribution in [0.5, 0.6) is 0 Å². The molecule has 4 heteroatoms. The fourth-order valence-corrected chi connectivity index (χ4v) is 3.79. The Bertz CT molecular complexity index is 297. The Morgan fingerprint density at radius 3 is 1.59 bits per heavy atom. The van der Waals surface area contributed by atoms with Crippen LogP contribution < -0.4 is 24.0 Å². The summed E-state index contributed by atoms with van der Waals surface area (Å²) < 4.78 is 0. The molecule has 3 nitrogen and oxygen atoms in total. The number of hydrogen-bond donors (Lipinski definition) is 0. The maximum Gasteiger partial charge on any atom is 1.00 e. The van der Waals surface area contributed by atoms with Crippen molar-refractivity contribution in [2.24, 2.45) is 0 Å². The van der Waals surface area contributed by atoms with Crippen molar-refractivity contribution in [1.29, 1.82) is 0 Å². The normalized spacial score (nSPS) is 12.1. The maximum atomic E-state index is 10.7. The second kappa shape index (κ2) is 22.3. The smallest absolute Gasteiger partial charge is 0.550 e. The first-order chi connectivity index (χ1) is 12.7. The van der Waals surface area contributed by atoms with Gasteiger partial charge in [-0.05, 0) is 51.6 Å². The topological polar surface area (TPSA) is 43.4 Å². The van der Waals surface area contributed by atoms with Crippen LogP contribution >= 0.6 is 0 Å². The fraction of sp³-hybridized carbons (Fsp3) is 0.957. The molecule has 0 bridgehead atoms. The van der Waals surface area contributed by atoms with Crippen molar-refractivity contribution in [3.8, 4) is 0 Å². The van der Waals surface area contributed by atoms with Gasteiger partial charge in [-0.25, -0.2) is 0 Å². The number of aliphatic carboxylic acids is 1. The molecule has 0 heterocycles. The zero-order valence-electron chi connectivity index (χ0n) is 19.1. The number of hydrogen-bond acceptors (Lipinski definition) is 3. The predicted octanol–water partition coefficient (Wildman–Crippen LogP) is 2.71. The standard InChI is InChI=1S/C23H47NO2.Li/c1-4-7-9-11-13-15-20-24(21-16-14-12-10-8-5-2)22(6-3)18-17-19-23(25)26;/h22H,4-21H2,1-3H3,(H,25,26);/q;+1/p-1. The van der Waals surface area contributed by atoms with Crippen molar-refractivity contribution in [2.45, 2.75) is 130 Å². The summed E-state index contributed by atoms with van der Waals surface area (Å²) in [5, 5.41) is 10.7. The number of rotatable bonds is 20. The molecule has 0 fully saturated rings. The van der Waals surface area contributed by atoms with E-state index < -0.39 is 5.97 Å². The zero-order chi connectivity index (χ0) is 19.5. The molecule has 156 valence electrons. The second-order valence-electron chi connectivity index (χ2n) is 7.90. The van der Waals surface area contributed by atoms with Gasteiger partial charge in [0.2, 0.25) is 0 Å². The third-order valence-electron chi connectivity index (χ3n) is 5.50. The van der Waals surface area contributed by atoms with E-state index in [9.17, 15) is 9.90 Å². The van der Waals surface area contributed by atoms with E-state index in [1.165, 1.54) is 90.1 Å². The monoisotopic (exact) mass is 375 g/mol.